The van der Waals surface area contributed by atoms with Gasteiger partial charge in [-0.25, -0.2) is 4.98 Å². The summed E-state index contributed by atoms with van der Waals surface area (Å²) in [5, 5.41) is 0. The number of aromatic amines is 1. The van der Waals surface area contributed by atoms with Crippen LogP contribution in [0.4, 0.5) is 0 Å². The van der Waals surface area contributed by atoms with E-state index < -0.39 is 0 Å². The van der Waals surface area contributed by atoms with Crippen molar-refractivity contribution < 1.29 is 0 Å². The summed E-state index contributed by atoms with van der Waals surface area (Å²) < 4.78 is 0. The Morgan fingerprint density at radius 1 is 0.897 bits per heavy atom. The van der Waals surface area contributed by atoms with Crippen LogP contribution in [0.2, 0.25) is 0 Å². The van der Waals surface area contributed by atoms with Crippen molar-refractivity contribution in [2.45, 2.75) is 38.0 Å². The van der Waals surface area contributed by atoms with Gasteiger partial charge in [-0.3, -0.25) is 0 Å². The molecule has 2 heteroatoms. The van der Waals surface area contributed by atoms with E-state index in [1.54, 1.807) is 6.33 Å². The minimum absolute atomic E-state index is 0.162. The van der Waals surface area contributed by atoms with E-state index in [0.717, 1.165) is 18.5 Å². The summed E-state index contributed by atoms with van der Waals surface area (Å²) in [6.07, 6.45) is 5.95. The summed E-state index contributed by atoms with van der Waals surface area (Å²) >= 11 is 0. The van der Waals surface area contributed by atoms with Crippen LogP contribution in [-0.2, 0) is 11.8 Å². The Labute approximate surface area is 172 Å². The molecule has 1 aliphatic carbocycles. The first kappa shape index (κ1) is 17.9. The van der Waals surface area contributed by atoms with Crippen molar-refractivity contribution in [1.82, 2.24) is 9.97 Å². The van der Waals surface area contributed by atoms with Crippen molar-refractivity contribution in [3.63, 3.8) is 0 Å². The summed E-state index contributed by atoms with van der Waals surface area (Å²) in [7, 11) is 0. The van der Waals surface area contributed by atoms with Gasteiger partial charge in [-0.15, -0.1) is 0 Å². The van der Waals surface area contributed by atoms with Crippen molar-refractivity contribution in [3.05, 3.63) is 102 Å². The van der Waals surface area contributed by atoms with Crippen molar-refractivity contribution >= 4 is 0 Å². The molecule has 0 aliphatic heterocycles. The third-order valence-corrected chi connectivity index (χ3v) is 6.30. The minimum Gasteiger partial charge on any atom is -0.351 e. The zero-order chi connectivity index (χ0) is 19.8. The molecule has 0 amide bonds. The third kappa shape index (κ3) is 3.29. The second-order valence-electron chi connectivity index (χ2n) is 8.77. The van der Waals surface area contributed by atoms with Gasteiger partial charge in [-0.1, -0.05) is 74.5 Å². The van der Waals surface area contributed by atoms with Crippen LogP contribution in [0.1, 0.15) is 43.0 Å². The predicted octanol–water partition coefficient (Wildman–Crippen LogP) is 6.75. The maximum Gasteiger partial charge on any atom is 0.0923 e. The number of hydrogen-bond acceptors (Lipinski definition) is 1. The van der Waals surface area contributed by atoms with Crippen LogP contribution in [0.25, 0.3) is 22.3 Å². The number of hydrogen-bond donors (Lipinski definition) is 1. The molecule has 1 atom stereocenters. The highest BCUT2D eigenvalue weighted by molar-refractivity contribution is 5.85. The van der Waals surface area contributed by atoms with Gasteiger partial charge in [0.2, 0.25) is 0 Å². The molecule has 0 spiro atoms. The minimum atomic E-state index is 0.162. The molecule has 1 heterocycles. The van der Waals surface area contributed by atoms with E-state index in [-0.39, 0.29) is 5.41 Å². The molecular formula is C27H26N2. The average molecular weight is 379 g/mol. The van der Waals surface area contributed by atoms with Gasteiger partial charge in [0.05, 0.1) is 12.0 Å². The molecule has 29 heavy (non-hydrogen) atoms. The van der Waals surface area contributed by atoms with E-state index in [1.165, 1.54) is 33.4 Å². The monoisotopic (exact) mass is 378 g/mol. The summed E-state index contributed by atoms with van der Waals surface area (Å²) in [4.78, 5) is 7.60. The lowest BCUT2D eigenvalue weighted by atomic mass is 9.83. The summed E-state index contributed by atoms with van der Waals surface area (Å²) in [6.45, 7) is 4.76. The molecule has 1 unspecified atom stereocenters. The van der Waals surface area contributed by atoms with Crippen molar-refractivity contribution in [2.75, 3.05) is 0 Å². The Kier molecular flexibility index (Phi) is 4.35. The van der Waals surface area contributed by atoms with Crippen LogP contribution in [0.5, 0.6) is 0 Å². The quantitative estimate of drug-likeness (QED) is 0.418. The number of H-pyrrole nitrogens is 1. The predicted molar refractivity (Wildman–Crippen MR) is 120 cm³/mol. The number of nitrogens with one attached hydrogen (secondary N) is 1. The van der Waals surface area contributed by atoms with Gasteiger partial charge in [0.25, 0.3) is 0 Å². The Morgan fingerprint density at radius 3 is 2.10 bits per heavy atom. The highest BCUT2D eigenvalue weighted by atomic mass is 14.9. The summed E-state index contributed by atoms with van der Waals surface area (Å²) in [6, 6.07) is 26.5. The first-order valence-corrected chi connectivity index (χ1v) is 10.4. The first-order valence-electron chi connectivity index (χ1n) is 10.4. The van der Waals surface area contributed by atoms with E-state index in [1.807, 2.05) is 6.20 Å². The highest BCUT2D eigenvalue weighted by Gasteiger charge is 2.38. The molecule has 0 bridgehead atoms. The van der Waals surface area contributed by atoms with Crippen LogP contribution < -0.4 is 0 Å². The van der Waals surface area contributed by atoms with Crippen molar-refractivity contribution in [3.8, 4) is 22.3 Å². The molecule has 0 saturated heterocycles. The van der Waals surface area contributed by atoms with E-state index in [4.69, 9.17) is 0 Å². The lowest BCUT2D eigenvalue weighted by molar-refractivity contribution is 0.472. The average Bonchev–Trinajstić information content (AvgIpc) is 3.34. The Bertz CT molecular complexity index is 1110. The summed E-state index contributed by atoms with van der Waals surface area (Å²) in [5.74, 6) is 0.496. The van der Waals surface area contributed by atoms with Gasteiger partial charge in [-0.2, -0.15) is 0 Å². The lowest BCUT2D eigenvalue weighted by Gasteiger charge is -2.21. The van der Waals surface area contributed by atoms with Crippen molar-refractivity contribution in [1.29, 1.82) is 0 Å². The van der Waals surface area contributed by atoms with Crippen LogP contribution in [0.15, 0.2) is 85.3 Å². The van der Waals surface area contributed by atoms with E-state index in [2.05, 4.69) is 96.6 Å². The Hall–Kier alpha value is -3.13. The number of nitrogens with zero attached hydrogens (tertiary/aromatic N) is 1. The largest absolute Gasteiger partial charge is 0.351 e. The molecule has 0 saturated carbocycles. The number of benzene rings is 3. The molecule has 144 valence electrons. The fourth-order valence-corrected chi connectivity index (χ4v) is 4.93. The lowest BCUT2D eigenvalue weighted by Crippen LogP contribution is -2.13. The fraction of sp³-hybridized carbons (Fsp3) is 0.222. The normalized spacial score (nSPS) is 17.2. The second kappa shape index (κ2) is 7.04. The molecule has 4 aromatic rings. The molecule has 1 N–H and O–H groups in total. The second-order valence-corrected chi connectivity index (χ2v) is 8.77. The molecule has 1 aromatic heterocycles. The highest BCUT2D eigenvalue weighted by Crippen LogP contribution is 2.50. The van der Waals surface area contributed by atoms with Crippen LogP contribution >= 0.6 is 0 Å². The molecular weight excluding hydrogens is 352 g/mol. The Morgan fingerprint density at radius 2 is 1.52 bits per heavy atom. The third-order valence-electron chi connectivity index (χ3n) is 6.30. The van der Waals surface area contributed by atoms with Crippen LogP contribution in [-0.4, -0.2) is 9.97 Å². The van der Waals surface area contributed by atoms with E-state index in [9.17, 15) is 0 Å². The van der Waals surface area contributed by atoms with Gasteiger partial charge in [0.1, 0.15) is 0 Å². The maximum atomic E-state index is 4.49. The molecule has 1 aliphatic rings. The maximum absolute atomic E-state index is 4.49. The topological polar surface area (TPSA) is 28.7 Å². The number of imidazole rings is 1. The molecule has 3 aromatic carbocycles. The molecule has 2 nitrogen and oxygen atoms in total. The zero-order valence-electron chi connectivity index (χ0n) is 17.0. The number of rotatable bonds is 4. The van der Waals surface area contributed by atoms with Crippen LogP contribution in [0.3, 0.4) is 0 Å². The van der Waals surface area contributed by atoms with Gasteiger partial charge >= 0.3 is 0 Å². The van der Waals surface area contributed by atoms with E-state index in [0.29, 0.717) is 5.92 Å². The molecule has 5 rings (SSSR count). The molecule has 0 fully saturated rings. The Balaban J connectivity index is 1.70. The van der Waals surface area contributed by atoms with Crippen LogP contribution in [0, 0.1) is 0 Å². The standard InChI is InChI=1S/C27H26N2/c1-27(2)16-21(13-22-17-28-18-29-22)25-14-23(19-9-5-3-6-10-19)24(15-26(25)27)20-11-7-4-8-12-20/h3-12,14-15,17-18,21H,13,16H2,1-2H3,(H,28,29). The number of fused-ring (bicyclic) bond motifs is 1. The molecule has 0 radical (unpaired) electrons. The summed E-state index contributed by atoms with van der Waals surface area (Å²) in [5.41, 5.74) is 9.47. The first-order chi connectivity index (χ1) is 14.1. The van der Waals surface area contributed by atoms with Crippen molar-refractivity contribution in [2.24, 2.45) is 0 Å². The van der Waals surface area contributed by atoms with E-state index >= 15 is 0 Å². The fourth-order valence-electron chi connectivity index (χ4n) is 4.93. The van der Waals surface area contributed by atoms with Gasteiger partial charge in [-0.05, 0) is 69.7 Å². The number of aromatic nitrogens is 2. The van der Waals surface area contributed by atoms with Gasteiger partial charge in [0, 0.05) is 6.20 Å². The SMILES string of the molecule is CC1(C)CC(Cc2c[nH]cn2)c2cc(-c3ccccc3)c(-c3ccccc3)cc21. The smallest absolute Gasteiger partial charge is 0.0923 e. The zero-order valence-corrected chi connectivity index (χ0v) is 17.0. The van der Waals surface area contributed by atoms with Gasteiger partial charge in [0.15, 0.2) is 0 Å². The van der Waals surface area contributed by atoms with Gasteiger partial charge < -0.3 is 4.98 Å².